The molecule has 3 rings (SSSR count). The predicted molar refractivity (Wildman–Crippen MR) is 117 cm³/mol. The van der Waals surface area contributed by atoms with Crippen molar-refractivity contribution >= 4 is 34.5 Å². The molecular formula is C22H21N3O3S. The lowest BCUT2D eigenvalue weighted by atomic mass is 10.1. The lowest BCUT2D eigenvalue weighted by molar-refractivity contribution is 0.104. The Bertz CT molecular complexity index is 962. The number of hydrogen-bond donors (Lipinski definition) is 1. The van der Waals surface area contributed by atoms with Gasteiger partial charge in [0.05, 0.1) is 7.11 Å². The summed E-state index contributed by atoms with van der Waals surface area (Å²) >= 11 is 1.71. The van der Waals surface area contributed by atoms with E-state index in [1.165, 1.54) is 13.2 Å². The van der Waals surface area contributed by atoms with Crippen LogP contribution in [0.15, 0.2) is 53.5 Å². The van der Waals surface area contributed by atoms with Crippen molar-refractivity contribution in [1.82, 2.24) is 0 Å². The summed E-state index contributed by atoms with van der Waals surface area (Å²) in [4.78, 5) is 16.9. The van der Waals surface area contributed by atoms with Crippen molar-refractivity contribution in [2.24, 2.45) is 4.99 Å². The summed E-state index contributed by atoms with van der Waals surface area (Å²) in [5, 5.41) is 12.8. The van der Waals surface area contributed by atoms with Crippen molar-refractivity contribution in [3.63, 3.8) is 0 Å². The van der Waals surface area contributed by atoms with Crippen molar-refractivity contribution in [2.45, 2.75) is 6.42 Å². The number of rotatable bonds is 7. The molecule has 6 nitrogen and oxygen atoms in total. The van der Waals surface area contributed by atoms with Crippen LogP contribution in [0.4, 0.5) is 5.69 Å². The molecule has 0 amide bonds. The Morgan fingerprint density at radius 2 is 2.10 bits per heavy atom. The van der Waals surface area contributed by atoms with Crippen LogP contribution < -0.4 is 14.8 Å². The minimum absolute atomic E-state index is 0.0546. The SMILES string of the molecule is COc1cc(/C=C/C(=O)c2ccc(NC3=NCCCS3)cc2)ccc1OCC#N. The molecule has 0 atom stereocenters. The van der Waals surface area contributed by atoms with Gasteiger partial charge in [0, 0.05) is 23.5 Å². The van der Waals surface area contributed by atoms with E-state index in [2.05, 4.69) is 10.3 Å². The maximum Gasteiger partial charge on any atom is 0.185 e. The Labute approximate surface area is 174 Å². The molecule has 7 heteroatoms. The van der Waals surface area contributed by atoms with Crippen LogP contribution in [0.25, 0.3) is 6.08 Å². The fraction of sp³-hybridized carbons (Fsp3) is 0.227. The molecule has 1 aliphatic rings. The van der Waals surface area contributed by atoms with Crippen LogP contribution in [0.3, 0.4) is 0 Å². The first kappa shape index (κ1) is 20.5. The molecule has 0 spiro atoms. The first-order valence-corrected chi connectivity index (χ1v) is 10.1. The Morgan fingerprint density at radius 1 is 1.28 bits per heavy atom. The summed E-state index contributed by atoms with van der Waals surface area (Å²) in [6.45, 7) is 0.799. The summed E-state index contributed by atoms with van der Waals surface area (Å²) in [6, 6.07) is 14.5. The zero-order chi connectivity index (χ0) is 20.5. The largest absolute Gasteiger partial charge is 0.493 e. The molecule has 0 saturated carbocycles. The fourth-order valence-electron chi connectivity index (χ4n) is 2.66. The predicted octanol–water partition coefficient (Wildman–Crippen LogP) is 4.40. The highest BCUT2D eigenvalue weighted by Crippen LogP contribution is 2.28. The number of nitriles is 1. The van der Waals surface area contributed by atoms with Crippen molar-refractivity contribution in [1.29, 1.82) is 5.26 Å². The van der Waals surface area contributed by atoms with Crippen LogP contribution in [0.2, 0.25) is 0 Å². The molecule has 148 valence electrons. The smallest absolute Gasteiger partial charge is 0.185 e. The number of ketones is 1. The maximum atomic E-state index is 12.5. The number of nitrogens with zero attached hydrogens (tertiary/aromatic N) is 2. The molecule has 1 N–H and O–H groups in total. The molecule has 1 heterocycles. The summed E-state index contributed by atoms with van der Waals surface area (Å²) in [6.07, 6.45) is 4.35. The first-order valence-electron chi connectivity index (χ1n) is 9.14. The van der Waals surface area contributed by atoms with Crippen LogP contribution in [-0.4, -0.2) is 37.0 Å². The fourth-order valence-corrected chi connectivity index (χ4v) is 3.50. The van der Waals surface area contributed by atoms with Gasteiger partial charge in [-0.15, -0.1) is 0 Å². The molecule has 0 aromatic heterocycles. The quantitative estimate of drug-likeness (QED) is 0.541. The number of allylic oxidation sites excluding steroid dienone is 1. The molecule has 1 aliphatic heterocycles. The van der Waals surface area contributed by atoms with Crippen LogP contribution in [-0.2, 0) is 0 Å². The second kappa shape index (κ2) is 10.3. The minimum atomic E-state index is -0.0929. The molecule has 0 radical (unpaired) electrons. The van der Waals surface area contributed by atoms with Crippen LogP contribution >= 0.6 is 11.8 Å². The average molecular weight is 407 g/mol. The van der Waals surface area contributed by atoms with Gasteiger partial charge in [-0.1, -0.05) is 23.9 Å². The molecule has 29 heavy (non-hydrogen) atoms. The van der Waals surface area contributed by atoms with Gasteiger partial charge in [-0.3, -0.25) is 9.79 Å². The topological polar surface area (TPSA) is 83.7 Å². The standard InChI is InChI=1S/C22H21N3O3S/c1-27-21-15-16(4-10-20(21)28-13-11-23)3-9-19(26)17-5-7-18(8-6-17)25-22-24-12-2-14-29-22/h3-10,15H,2,12-14H2,1H3,(H,24,25)/b9-3+. The van der Waals surface area contributed by atoms with Gasteiger partial charge in [0.15, 0.2) is 29.1 Å². The van der Waals surface area contributed by atoms with Crippen LogP contribution in [0.5, 0.6) is 11.5 Å². The molecule has 0 saturated heterocycles. The van der Waals surface area contributed by atoms with Crippen molar-refractivity contribution in [3.8, 4) is 17.6 Å². The second-order valence-corrected chi connectivity index (χ2v) is 7.23. The number of nitrogens with one attached hydrogen (secondary N) is 1. The second-order valence-electron chi connectivity index (χ2n) is 6.15. The Balaban J connectivity index is 1.64. The number of ether oxygens (including phenoxy) is 2. The van der Waals surface area contributed by atoms with E-state index in [1.54, 1.807) is 48.2 Å². The van der Waals surface area contributed by atoms with Crippen LogP contribution in [0, 0.1) is 11.3 Å². The summed E-state index contributed by atoms with van der Waals surface area (Å²) in [5.74, 6) is 1.98. The third-order valence-electron chi connectivity index (χ3n) is 4.12. The number of methoxy groups -OCH3 is 1. The third kappa shape index (κ3) is 5.87. The molecule has 0 unspecified atom stereocenters. The molecular weight excluding hydrogens is 386 g/mol. The molecule has 0 aliphatic carbocycles. The zero-order valence-electron chi connectivity index (χ0n) is 16.1. The van der Waals surface area contributed by atoms with Gasteiger partial charge in [0.1, 0.15) is 6.07 Å². The van der Waals surface area contributed by atoms with E-state index in [9.17, 15) is 4.79 Å². The lowest BCUT2D eigenvalue weighted by Gasteiger charge is -2.13. The summed E-state index contributed by atoms with van der Waals surface area (Å²) in [7, 11) is 1.53. The van der Waals surface area contributed by atoms with Gasteiger partial charge < -0.3 is 14.8 Å². The molecule has 2 aromatic rings. The highest BCUT2D eigenvalue weighted by atomic mass is 32.2. The number of carbonyl (C=O) groups excluding carboxylic acids is 1. The number of anilines is 1. The molecule has 2 aromatic carbocycles. The van der Waals surface area contributed by atoms with Crippen molar-refractivity contribution < 1.29 is 14.3 Å². The maximum absolute atomic E-state index is 12.5. The van der Waals surface area contributed by atoms with E-state index >= 15 is 0 Å². The van der Waals surface area contributed by atoms with Gasteiger partial charge in [-0.05, 0) is 54.5 Å². The number of aliphatic imine (C=N–C) groups is 1. The number of amidine groups is 1. The normalized spacial score (nSPS) is 13.4. The zero-order valence-corrected chi connectivity index (χ0v) is 16.9. The van der Waals surface area contributed by atoms with E-state index in [-0.39, 0.29) is 12.4 Å². The monoisotopic (exact) mass is 407 g/mol. The highest BCUT2D eigenvalue weighted by Gasteiger charge is 2.08. The molecule has 0 bridgehead atoms. The van der Waals surface area contributed by atoms with Crippen molar-refractivity contribution in [2.75, 3.05) is 31.3 Å². The number of benzene rings is 2. The Hall–Kier alpha value is -3.24. The highest BCUT2D eigenvalue weighted by molar-refractivity contribution is 8.14. The lowest BCUT2D eigenvalue weighted by Crippen LogP contribution is -2.13. The minimum Gasteiger partial charge on any atom is -0.493 e. The average Bonchev–Trinajstić information content (AvgIpc) is 2.77. The first-order chi connectivity index (χ1) is 14.2. The van der Waals surface area contributed by atoms with E-state index < -0.39 is 0 Å². The number of thioether (sulfide) groups is 1. The van der Waals surface area contributed by atoms with E-state index in [0.717, 1.165) is 35.1 Å². The van der Waals surface area contributed by atoms with Gasteiger partial charge in [0.25, 0.3) is 0 Å². The van der Waals surface area contributed by atoms with Gasteiger partial charge in [0.2, 0.25) is 0 Å². The number of carbonyl (C=O) groups is 1. The Kier molecular flexibility index (Phi) is 7.31. The summed E-state index contributed by atoms with van der Waals surface area (Å²) < 4.78 is 10.6. The van der Waals surface area contributed by atoms with E-state index in [4.69, 9.17) is 14.7 Å². The van der Waals surface area contributed by atoms with Gasteiger partial charge in [-0.25, -0.2) is 0 Å². The number of hydrogen-bond acceptors (Lipinski definition) is 7. The Morgan fingerprint density at radius 3 is 2.79 bits per heavy atom. The third-order valence-corrected chi connectivity index (χ3v) is 5.12. The van der Waals surface area contributed by atoms with E-state index in [1.807, 2.05) is 18.2 Å². The van der Waals surface area contributed by atoms with Gasteiger partial charge in [-0.2, -0.15) is 5.26 Å². The molecule has 0 fully saturated rings. The van der Waals surface area contributed by atoms with E-state index in [0.29, 0.717) is 17.1 Å². The van der Waals surface area contributed by atoms with Gasteiger partial charge >= 0.3 is 0 Å². The summed E-state index contributed by atoms with van der Waals surface area (Å²) in [5.41, 5.74) is 2.31. The van der Waals surface area contributed by atoms with Crippen molar-refractivity contribution in [3.05, 3.63) is 59.7 Å². The van der Waals surface area contributed by atoms with Crippen LogP contribution in [0.1, 0.15) is 22.3 Å².